The smallest absolute Gasteiger partial charge is 0.408 e. The van der Waals surface area contributed by atoms with Crippen LogP contribution in [0, 0.1) is 5.92 Å². The fourth-order valence-electron chi connectivity index (χ4n) is 5.71. The third kappa shape index (κ3) is 14.8. The summed E-state index contributed by atoms with van der Waals surface area (Å²) in [7, 11) is 0. The summed E-state index contributed by atoms with van der Waals surface area (Å²) in [6, 6.07) is 11.7. The van der Waals surface area contributed by atoms with Crippen LogP contribution in [0.3, 0.4) is 0 Å². The number of carboxylic acids is 3. The lowest BCUT2D eigenvalue weighted by atomic mass is 10.0. The molecular formula is C39H45N7O15. The van der Waals surface area contributed by atoms with Gasteiger partial charge in [0.25, 0.3) is 17.7 Å². The van der Waals surface area contributed by atoms with Crippen molar-refractivity contribution in [3.63, 3.8) is 0 Å². The average molecular weight is 852 g/mol. The summed E-state index contributed by atoms with van der Waals surface area (Å²) in [6.07, 6.45) is -3.33. The molecule has 5 unspecified atom stereocenters. The van der Waals surface area contributed by atoms with E-state index >= 15 is 0 Å². The van der Waals surface area contributed by atoms with E-state index in [1.54, 1.807) is 60.7 Å². The first-order valence-electron chi connectivity index (χ1n) is 18.7. The number of nitrogens with one attached hydrogen (secondary N) is 4. The maximum absolute atomic E-state index is 13.6. The van der Waals surface area contributed by atoms with Crippen molar-refractivity contribution >= 4 is 53.5 Å². The topological polar surface area (TPSA) is 317 Å². The minimum Gasteiger partial charge on any atom is -0.481 e. The molecule has 6 amide bonds. The number of hydrazine groups is 1. The molecule has 3 heterocycles. The van der Waals surface area contributed by atoms with Gasteiger partial charge in [0, 0.05) is 12.6 Å². The van der Waals surface area contributed by atoms with E-state index in [1.165, 1.54) is 31.2 Å². The van der Waals surface area contributed by atoms with Crippen molar-refractivity contribution in [1.82, 2.24) is 36.3 Å². The second-order valence-electron chi connectivity index (χ2n) is 13.9. The monoisotopic (exact) mass is 851 g/mol. The molecular weight excluding hydrogens is 806 g/mol. The Kier molecular flexibility index (Phi) is 16.8. The van der Waals surface area contributed by atoms with Gasteiger partial charge in [0.15, 0.2) is 12.2 Å². The average Bonchev–Trinajstić information content (AvgIpc) is 3.85. The van der Waals surface area contributed by atoms with Crippen LogP contribution >= 0.6 is 0 Å². The van der Waals surface area contributed by atoms with Crippen LogP contribution in [0.15, 0.2) is 77.5 Å². The molecule has 0 spiro atoms. The van der Waals surface area contributed by atoms with E-state index in [0.29, 0.717) is 22.0 Å². The summed E-state index contributed by atoms with van der Waals surface area (Å²) >= 11 is 0. The number of aromatic nitrogens is 1. The van der Waals surface area contributed by atoms with Gasteiger partial charge in [0.1, 0.15) is 37.0 Å². The Labute approximate surface area is 347 Å². The number of benzene rings is 1. The van der Waals surface area contributed by atoms with Crippen molar-refractivity contribution in [2.45, 2.75) is 83.1 Å². The van der Waals surface area contributed by atoms with Crippen LogP contribution in [0.5, 0.6) is 0 Å². The van der Waals surface area contributed by atoms with Crippen molar-refractivity contribution < 1.29 is 72.4 Å². The van der Waals surface area contributed by atoms with E-state index in [0.717, 1.165) is 0 Å². The second-order valence-corrected chi connectivity index (χ2v) is 13.9. The Morgan fingerprint density at radius 2 is 1.44 bits per heavy atom. The van der Waals surface area contributed by atoms with E-state index in [9.17, 15) is 58.5 Å². The molecule has 0 saturated carbocycles. The molecule has 1 aliphatic heterocycles. The zero-order chi connectivity index (χ0) is 44.6. The Balaban J connectivity index is 1.44. The number of carbonyl (C=O) groups is 9. The van der Waals surface area contributed by atoms with Gasteiger partial charge in [-0.2, -0.15) is 0 Å². The minimum absolute atomic E-state index is 0.00156. The fraction of sp³-hybridized carbons (Fsp3) is 0.385. The van der Waals surface area contributed by atoms with Crippen LogP contribution in [-0.4, -0.2) is 121 Å². The molecule has 7 N–H and O–H groups in total. The van der Waals surface area contributed by atoms with Crippen LogP contribution in [0.2, 0.25) is 0 Å². The highest BCUT2D eigenvalue weighted by atomic mass is 16.6. The lowest BCUT2D eigenvalue weighted by Gasteiger charge is -2.28. The highest BCUT2D eigenvalue weighted by Gasteiger charge is 2.54. The number of hydrogen-bond acceptors (Lipinski definition) is 13. The molecule has 3 aromatic rings. The van der Waals surface area contributed by atoms with Crippen LogP contribution in [-0.2, 0) is 67.5 Å². The van der Waals surface area contributed by atoms with Crippen LogP contribution in [0.25, 0.3) is 0 Å². The van der Waals surface area contributed by atoms with Gasteiger partial charge < -0.3 is 50.1 Å². The molecule has 326 valence electrons. The van der Waals surface area contributed by atoms with E-state index in [-0.39, 0.29) is 19.7 Å². The summed E-state index contributed by atoms with van der Waals surface area (Å²) in [5.41, 5.74) is 3.24. The van der Waals surface area contributed by atoms with E-state index in [4.69, 9.17) is 13.9 Å². The van der Waals surface area contributed by atoms with Crippen molar-refractivity contribution in [2.75, 3.05) is 6.54 Å². The Hall–Kier alpha value is -7.36. The highest BCUT2D eigenvalue weighted by molar-refractivity contribution is 5.98. The van der Waals surface area contributed by atoms with Gasteiger partial charge >= 0.3 is 24.0 Å². The standard InChI is InChI=1S/C39H45N7O15/c1-22(2)31(43-34(53)26(13-14-28(47)48)41-35(54)27(17-29(49)50)42-39(58)60-21-23-9-4-3-5-10-23)36(55)44-46(20-30(51)52)38(57)33-32(61-33)37(56)45(19-25-12-8-16-59-25)18-24-11-6-7-15-40-24/h3-12,15-16,22,26-27,31-33H,13-14,17-21H2,1-2H3,(H,41,54)(H,42,58)(H,43,53)(H,44,55)(H,47,48)(H,49,50)(H,51,52). The first-order valence-corrected chi connectivity index (χ1v) is 18.7. The first kappa shape index (κ1) is 46.3. The lowest BCUT2D eigenvalue weighted by Crippen LogP contribution is -2.60. The Bertz CT molecular complexity index is 2030. The molecule has 0 radical (unpaired) electrons. The zero-order valence-electron chi connectivity index (χ0n) is 32.9. The number of rotatable bonds is 22. The second kappa shape index (κ2) is 22.1. The summed E-state index contributed by atoms with van der Waals surface area (Å²) in [5, 5.41) is 35.4. The summed E-state index contributed by atoms with van der Waals surface area (Å²) in [5.74, 6) is -10.0. The van der Waals surface area contributed by atoms with Crippen molar-refractivity contribution in [1.29, 1.82) is 0 Å². The molecule has 4 rings (SSSR count). The van der Waals surface area contributed by atoms with Gasteiger partial charge in [-0.05, 0) is 42.2 Å². The first-order chi connectivity index (χ1) is 29.0. The predicted molar refractivity (Wildman–Crippen MR) is 205 cm³/mol. The molecule has 1 aromatic carbocycles. The molecule has 1 saturated heterocycles. The lowest BCUT2D eigenvalue weighted by molar-refractivity contribution is -0.151. The normalized spacial score (nSPS) is 15.5. The third-order valence-corrected chi connectivity index (χ3v) is 8.83. The van der Waals surface area contributed by atoms with E-state index in [1.807, 2.05) is 0 Å². The SMILES string of the molecule is CC(C)C(NC(=O)C(CCC(=O)O)NC(=O)C(CC(=O)O)NC(=O)OCc1ccccc1)C(=O)NN(CC(=O)O)C(=O)C1OC1C(=O)N(Cc1ccccn1)Cc1ccco1. The number of carbonyl (C=O) groups excluding carboxylic acids is 6. The number of hydrogen-bond donors (Lipinski definition) is 7. The number of nitrogens with zero attached hydrogens (tertiary/aromatic N) is 3. The van der Waals surface area contributed by atoms with Gasteiger partial charge in [-0.1, -0.05) is 50.2 Å². The molecule has 1 fully saturated rings. The third-order valence-electron chi connectivity index (χ3n) is 8.83. The summed E-state index contributed by atoms with van der Waals surface area (Å²) in [6.45, 7) is 1.59. The predicted octanol–water partition coefficient (Wildman–Crippen LogP) is 0.175. The number of amides is 6. The van der Waals surface area contributed by atoms with Crippen molar-refractivity contribution in [3.8, 4) is 0 Å². The molecule has 61 heavy (non-hydrogen) atoms. The van der Waals surface area contributed by atoms with Gasteiger partial charge in [-0.15, -0.1) is 0 Å². The molecule has 0 aliphatic carbocycles. The maximum atomic E-state index is 13.6. The highest BCUT2D eigenvalue weighted by Crippen LogP contribution is 2.28. The summed E-state index contributed by atoms with van der Waals surface area (Å²) < 4.78 is 15.8. The van der Waals surface area contributed by atoms with Gasteiger partial charge in [-0.25, -0.2) is 9.80 Å². The number of epoxide rings is 1. The fourth-order valence-corrected chi connectivity index (χ4v) is 5.71. The van der Waals surface area contributed by atoms with Crippen molar-refractivity contribution in [2.24, 2.45) is 5.92 Å². The van der Waals surface area contributed by atoms with Crippen LogP contribution in [0.1, 0.15) is 50.1 Å². The number of ether oxygens (including phenoxy) is 2. The molecule has 1 aliphatic rings. The Morgan fingerprint density at radius 1 is 0.754 bits per heavy atom. The van der Waals surface area contributed by atoms with Crippen LogP contribution < -0.4 is 21.4 Å². The van der Waals surface area contributed by atoms with Crippen molar-refractivity contribution in [3.05, 3.63) is 90.1 Å². The number of pyridine rings is 1. The Morgan fingerprint density at radius 3 is 2.05 bits per heavy atom. The maximum Gasteiger partial charge on any atom is 0.408 e. The molecule has 5 atom stereocenters. The number of carboxylic acid groups (broad SMARTS) is 3. The molecule has 2 aromatic heterocycles. The summed E-state index contributed by atoms with van der Waals surface area (Å²) in [4.78, 5) is 121. The van der Waals surface area contributed by atoms with Gasteiger partial charge in [0.05, 0.1) is 31.5 Å². The quantitative estimate of drug-likeness (QED) is 0.0524. The molecule has 22 nitrogen and oxygen atoms in total. The minimum atomic E-state index is -1.80. The van der Waals surface area contributed by atoms with Crippen LogP contribution in [0.4, 0.5) is 4.79 Å². The molecule has 0 bridgehead atoms. The number of alkyl carbamates (subject to hydrolysis) is 1. The van der Waals surface area contributed by atoms with Gasteiger partial charge in [-0.3, -0.25) is 48.8 Å². The van der Waals surface area contributed by atoms with E-state index < -0.39 is 116 Å². The zero-order valence-corrected chi connectivity index (χ0v) is 32.9. The molecule has 22 heteroatoms. The van der Waals surface area contributed by atoms with Gasteiger partial charge in [0.2, 0.25) is 11.8 Å². The largest absolute Gasteiger partial charge is 0.481 e. The van der Waals surface area contributed by atoms with E-state index in [2.05, 4.69) is 26.4 Å². The number of furan rings is 1. The number of aliphatic carboxylic acids is 3.